The number of nitrogens with one attached hydrogen (secondary N) is 2. The molecule has 0 saturated carbocycles. The quantitative estimate of drug-likeness (QED) is 0.698. The standard InChI is InChI=1S/C22H28N2O3/c1-24(19-11-7-9-17-8-3-4-10-18(17)19)16-22(25)23-14-15-27-21-13-6-5-12-20(21)26-2/h3-6,8,10,12-13,19H,7,9,11,14-16H2,1-2H3,(H,23,25)/p+1/t19-/m0/s1. The molecule has 1 aliphatic carbocycles. The van der Waals surface area contributed by atoms with Crippen molar-refractivity contribution in [1.29, 1.82) is 0 Å². The Labute approximate surface area is 161 Å². The topological polar surface area (TPSA) is 52.0 Å². The summed E-state index contributed by atoms with van der Waals surface area (Å²) in [6.07, 6.45) is 3.47. The number of rotatable bonds is 8. The smallest absolute Gasteiger partial charge is 0.275 e. The number of para-hydroxylation sites is 2. The van der Waals surface area contributed by atoms with Gasteiger partial charge in [-0.2, -0.15) is 0 Å². The second kappa shape index (κ2) is 9.42. The fourth-order valence-electron chi connectivity index (χ4n) is 3.79. The molecule has 2 aromatic carbocycles. The first kappa shape index (κ1) is 19.2. The van der Waals surface area contributed by atoms with Gasteiger partial charge >= 0.3 is 0 Å². The highest BCUT2D eigenvalue weighted by molar-refractivity contribution is 5.76. The van der Waals surface area contributed by atoms with Gasteiger partial charge < -0.3 is 19.7 Å². The molecule has 3 rings (SSSR count). The van der Waals surface area contributed by atoms with E-state index >= 15 is 0 Å². The van der Waals surface area contributed by atoms with Crippen molar-refractivity contribution in [3.63, 3.8) is 0 Å². The molecule has 0 spiro atoms. The second-order valence-corrected chi connectivity index (χ2v) is 7.02. The maximum Gasteiger partial charge on any atom is 0.275 e. The first-order valence-electron chi connectivity index (χ1n) is 9.61. The summed E-state index contributed by atoms with van der Waals surface area (Å²) in [5.41, 5.74) is 2.83. The van der Waals surface area contributed by atoms with Crippen LogP contribution in [0.3, 0.4) is 0 Å². The molecule has 144 valence electrons. The zero-order chi connectivity index (χ0) is 19.1. The number of hydrogen-bond donors (Lipinski definition) is 2. The molecule has 0 bridgehead atoms. The van der Waals surface area contributed by atoms with Crippen LogP contribution >= 0.6 is 0 Å². The van der Waals surface area contributed by atoms with Gasteiger partial charge in [-0.25, -0.2) is 0 Å². The molecule has 1 amide bonds. The van der Waals surface area contributed by atoms with Crippen molar-refractivity contribution in [3.05, 3.63) is 59.7 Å². The van der Waals surface area contributed by atoms with Crippen molar-refractivity contribution in [2.24, 2.45) is 0 Å². The molecule has 0 heterocycles. The molecule has 5 heteroatoms. The van der Waals surface area contributed by atoms with Crippen molar-refractivity contribution >= 4 is 5.91 Å². The van der Waals surface area contributed by atoms with Crippen LogP contribution < -0.4 is 19.7 Å². The number of amides is 1. The minimum atomic E-state index is 0.0548. The first-order chi connectivity index (χ1) is 13.2. The minimum absolute atomic E-state index is 0.0548. The summed E-state index contributed by atoms with van der Waals surface area (Å²) in [5, 5.41) is 2.96. The number of benzene rings is 2. The minimum Gasteiger partial charge on any atom is -0.493 e. The molecule has 5 nitrogen and oxygen atoms in total. The highest BCUT2D eigenvalue weighted by Crippen LogP contribution is 2.27. The summed E-state index contributed by atoms with van der Waals surface area (Å²) >= 11 is 0. The van der Waals surface area contributed by atoms with Crippen LogP contribution in [0.4, 0.5) is 0 Å². The molecular formula is C22H29N2O3+. The van der Waals surface area contributed by atoms with Gasteiger partial charge in [0.1, 0.15) is 12.6 Å². The van der Waals surface area contributed by atoms with Crippen molar-refractivity contribution in [1.82, 2.24) is 5.32 Å². The van der Waals surface area contributed by atoms with Gasteiger partial charge in [0.2, 0.25) is 0 Å². The van der Waals surface area contributed by atoms with Crippen molar-refractivity contribution < 1.29 is 19.2 Å². The van der Waals surface area contributed by atoms with Gasteiger partial charge in [-0.15, -0.1) is 0 Å². The van der Waals surface area contributed by atoms with Crippen LogP contribution in [0.1, 0.15) is 30.0 Å². The molecule has 0 saturated heterocycles. The van der Waals surface area contributed by atoms with Gasteiger partial charge in [0, 0.05) is 12.0 Å². The number of methoxy groups -OCH3 is 1. The van der Waals surface area contributed by atoms with E-state index in [4.69, 9.17) is 9.47 Å². The Bertz CT molecular complexity index is 763. The fourth-order valence-corrected chi connectivity index (χ4v) is 3.79. The lowest BCUT2D eigenvalue weighted by atomic mass is 9.87. The van der Waals surface area contributed by atoms with Crippen molar-refractivity contribution in [2.75, 3.05) is 33.9 Å². The number of hydrogen-bond acceptors (Lipinski definition) is 3. The Morgan fingerprint density at radius 1 is 1.15 bits per heavy atom. The van der Waals surface area contributed by atoms with Gasteiger partial charge in [-0.05, 0) is 30.5 Å². The predicted molar refractivity (Wildman–Crippen MR) is 105 cm³/mol. The van der Waals surface area contributed by atoms with Crippen LogP contribution in [0.15, 0.2) is 48.5 Å². The maximum absolute atomic E-state index is 12.3. The maximum atomic E-state index is 12.3. The summed E-state index contributed by atoms with van der Waals surface area (Å²) in [5.74, 6) is 1.44. The van der Waals surface area contributed by atoms with E-state index in [1.54, 1.807) is 7.11 Å². The lowest BCUT2D eigenvalue weighted by Crippen LogP contribution is -3.10. The van der Waals surface area contributed by atoms with E-state index in [-0.39, 0.29) is 5.91 Å². The average molecular weight is 369 g/mol. The molecule has 2 aromatic rings. The number of likely N-dealkylation sites (N-methyl/N-ethyl adjacent to an activating group) is 1. The van der Waals surface area contributed by atoms with Gasteiger partial charge in [0.15, 0.2) is 18.0 Å². The van der Waals surface area contributed by atoms with E-state index in [0.29, 0.717) is 37.2 Å². The molecule has 0 radical (unpaired) electrons. The highest BCUT2D eigenvalue weighted by atomic mass is 16.5. The van der Waals surface area contributed by atoms with Crippen LogP contribution in [0.2, 0.25) is 0 Å². The Morgan fingerprint density at radius 3 is 2.70 bits per heavy atom. The predicted octanol–water partition coefficient (Wildman–Crippen LogP) is 1.78. The Kier molecular flexibility index (Phi) is 6.71. The lowest BCUT2D eigenvalue weighted by molar-refractivity contribution is -0.905. The number of carbonyl (C=O) groups is 1. The molecule has 27 heavy (non-hydrogen) atoms. The first-order valence-corrected chi connectivity index (χ1v) is 9.61. The molecule has 0 aromatic heterocycles. The summed E-state index contributed by atoms with van der Waals surface area (Å²) in [7, 11) is 3.73. The van der Waals surface area contributed by atoms with E-state index in [1.807, 2.05) is 24.3 Å². The lowest BCUT2D eigenvalue weighted by Gasteiger charge is -2.30. The van der Waals surface area contributed by atoms with Crippen molar-refractivity contribution in [2.45, 2.75) is 25.3 Å². The highest BCUT2D eigenvalue weighted by Gasteiger charge is 2.27. The zero-order valence-electron chi connectivity index (χ0n) is 16.2. The monoisotopic (exact) mass is 369 g/mol. The van der Waals surface area contributed by atoms with Gasteiger partial charge in [0.05, 0.1) is 20.7 Å². The Balaban J connectivity index is 1.44. The fraction of sp³-hybridized carbons (Fsp3) is 0.409. The Hall–Kier alpha value is -2.53. The molecule has 1 aliphatic rings. The van der Waals surface area contributed by atoms with Crippen LogP contribution in [0, 0.1) is 0 Å². The summed E-state index contributed by atoms with van der Waals surface area (Å²) in [6, 6.07) is 16.5. The van der Waals surface area contributed by atoms with Gasteiger partial charge in [-0.3, -0.25) is 4.79 Å². The number of carbonyl (C=O) groups excluding carboxylic acids is 1. The molecule has 0 fully saturated rings. The number of aryl methyl sites for hydroxylation is 1. The third kappa shape index (κ3) is 5.01. The number of quaternary nitrogens is 1. The van der Waals surface area contributed by atoms with E-state index in [0.717, 1.165) is 12.8 Å². The second-order valence-electron chi connectivity index (χ2n) is 7.02. The average Bonchev–Trinajstić information content (AvgIpc) is 2.71. The Morgan fingerprint density at radius 2 is 1.89 bits per heavy atom. The molecule has 1 unspecified atom stereocenters. The third-order valence-corrected chi connectivity index (χ3v) is 5.15. The zero-order valence-corrected chi connectivity index (χ0v) is 16.2. The van der Waals surface area contributed by atoms with Crippen LogP contribution in [-0.4, -0.2) is 39.8 Å². The van der Waals surface area contributed by atoms with Gasteiger partial charge in [-0.1, -0.05) is 36.4 Å². The summed E-state index contributed by atoms with van der Waals surface area (Å²) in [4.78, 5) is 13.6. The normalized spacial score (nSPS) is 16.9. The molecular weight excluding hydrogens is 340 g/mol. The summed E-state index contributed by atoms with van der Waals surface area (Å²) in [6.45, 7) is 1.36. The van der Waals surface area contributed by atoms with Crippen molar-refractivity contribution in [3.8, 4) is 11.5 Å². The van der Waals surface area contributed by atoms with E-state index in [2.05, 4.69) is 36.6 Å². The van der Waals surface area contributed by atoms with Crippen LogP contribution in [0.25, 0.3) is 0 Å². The third-order valence-electron chi connectivity index (χ3n) is 5.15. The van der Waals surface area contributed by atoms with E-state index in [9.17, 15) is 4.79 Å². The summed E-state index contributed by atoms with van der Waals surface area (Å²) < 4.78 is 11.0. The van der Waals surface area contributed by atoms with E-state index < -0.39 is 0 Å². The largest absolute Gasteiger partial charge is 0.493 e. The number of ether oxygens (including phenoxy) is 2. The SMILES string of the molecule is COc1ccccc1OCCNC(=O)C[NH+](C)[C@H]1CCCc2ccccc21. The van der Waals surface area contributed by atoms with Crippen LogP contribution in [-0.2, 0) is 11.2 Å². The van der Waals surface area contributed by atoms with Crippen LogP contribution in [0.5, 0.6) is 11.5 Å². The molecule has 2 atom stereocenters. The van der Waals surface area contributed by atoms with E-state index in [1.165, 1.54) is 22.4 Å². The van der Waals surface area contributed by atoms with Gasteiger partial charge in [0.25, 0.3) is 5.91 Å². The molecule has 0 aliphatic heterocycles. The molecule has 2 N–H and O–H groups in total. The number of fused-ring (bicyclic) bond motifs is 1.